The van der Waals surface area contributed by atoms with E-state index >= 15 is 0 Å². The van der Waals surface area contributed by atoms with Gasteiger partial charge in [-0.3, -0.25) is 9.36 Å². The van der Waals surface area contributed by atoms with Crippen molar-refractivity contribution < 1.29 is 9.53 Å². The van der Waals surface area contributed by atoms with Crippen LogP contribution in [0, 0.1) is 0 Å². The molecule has 3 aromatic rings. The molecule has 0 fully saturated rings. The molecule has 140 valence electrons. The molecule has 0 atom stereocenters. The smallest absolute Gasteiger partial charge is 0.230 e. The first-order chi connectivity index (χ1) is 13.2. The normalized spacial score (nSPS) is 10.7. The maximum atomic E-state index is 12.0. The van der Waals surface area contributed by atoms with Crippen LogP contribution in [0.1, 0.15) is 0 Å². The van der Waals surface area contributed by atoms with E-state index in [1.165, 1.54) is 11.8 Å². The summed E-state index contributed by atoms with van der Waals surface area (Å²) in [6.07, 6.45) is 1.82. The predicted molar refractivity (Wildman–Crippen MR) is 110 cm³/mol. The Morgan fingerprint density at radius 1 is 1.22 bits per heavy atom. The molecule has 0 bridgehead atoms. The highest BCUT2D eigenvalue weighted by Crippen LogP contribution is 2.30. The minimum absolute atomic E-state index is 0.0565. The van der Waals surface area contributed by atoms with Crippen LogP contribution in [0.4, 0.5) is 0 Å². The van der Waals surface area contributed by atoms with Crippen molar-refractivity contribution in [2.75, 3.05) is 26.0 Å². The van der Waals surface area contributed by atoms with Gasteiger partial charge in [-0.25, -0.2) is 4.98 Å². The minimum atomic E-state index is -0.0565. The van der Waals surface area contributed by atoms with Crippen LogP contribution in [-0.2, 0) is 9.53 Å². The van der Waals surface area contributed by atoms with Gasteiger partial charge in [0.1, 0.15) is 0 Å². The van der Waals surface area contributed by atoms with E-state index in [0.717, 1.165) is 22.1 Å². The van der Waals surface area contributed by atoms with Crippen LogP contribution in [0.3, 0.4) is 0 Å². The molecule has 7 heteroatoms. The summed E-state index contributed by atoms with van der Waals surface area (Å²) >= 11 is 7.58. The van der Waals surface area contributed by atoms with Gasteiger partial charge in [0, 0.05) is 29.9 Å². The number of hydrogen-bond donors (Lipinski definition) is 1. The Kier molecular flexibility index (Phi) is 6.92. The molecule has 27 heavy (non-hydrogen) atoms. The Hall–Kier alpha value is -2.28. The Morgan fingerprint density at radius 2 is 2.04 bits per heavy atom. The first kappa shape index (κ1) is 19.5. The summed E-state index contributed by atoms with van der Waals surface area (Å²) in [4.78, 5) is 16.6. The lowest BCUT2D eigenvalue weighted by Crippen LogP contribution is -2.28. The highest BCUT2D eigenvalue weighted by Gasteiger charge is 2.15. The van der Waals surface area contributed by atoms with Gasteiger partial charge in [-0.05, 0) is 18.2 Å². The SMILES string of the molecule is COCCNC(=O)CSc1ncc(-c2ccccc2)n1-c1cccc(Cl)c1. The van der Waals surface area contributed by atoms with Crippen molar-refractivity contribution in [3.63, 3.8) is 0 Å². The number of benzene rings is 2. The van der Waals surface area contributed by atoms with E-state index in [2.05, 4.69) is 10.3 Å². The lowest BCUT2D eigenvalue weighted by atomic mass is 10.1. The molecule has 0 saturated heterocycles. The Labute approximate surface area is 167 Å². The second kappa shape index (κ2) is 9.60. The van der Waals surface area contributed by atoms with E-state index in [0.29, 0.717) is 18.2 Å². The van der Waals surface area contributed by atoms with Crippen LogP contribution >= 0.6 is 23.4 Å². The number of carbonyl (C=O) groups excluding carboxylic acids is 1. The number of hydrogen-bond acceptors (Lipinski definition) is 4. The Balaban J connectivity index is 1.88. The van der Waals surface area contributed by atoms with E-state index in [9.17, 15) is 4.79 Å². The van der Waals surface area contributed by atoms with Gasteiger partial charge in [0.15, 0.2) is 5.16 Å². The molecule has 1 aromatic heterocycles. The first-order valence-electron chi connectivity index (χ1n) is 8.46. The monoisotopic (exact) mass is 401 g/mol. The molecule has 2 aromatic carbocycles. The molecule has 0 aliphatic carbocycles. The fraction of sp³-hybridized carbons (Fsp3) is 0.200. The third-order valence-electron chi connectivity index (χ3n) is 3.83. The molecule has 0 aliphatic heterocycles. The molecule has 1 N–H and O–H groups in total. The van der Waals surface area contributed by atoms with E-state index < -0.39 is 0 Å². The summed E-state index contributed by atoms with van der Waals surface area (Å²) in [5, 5.41) is 4.20. The van der Waals surface area contributed by atoms with Gasteiger partial charge in [0.25, 0.3) is 0 Å². The zero-order chi connectivity index (χ0) is 19.1. The van der Waals surface area contributed by atoms with Crippen molar-refractivity contribution in [2.24, 2.45) is 0 Å². The van der Waals surface area contributed by atoms with Gasteiger partial charge in [0.05, 0.1) is 24.3 Å². The van der Waals surface area contributed by atoms with Gasteiger partial charge in [-0.15, -0.1) is 0 Å². The van der Waals surface area contributed by atoms with Crippen molar-refractivity contribution in [1.29, 1.82) is 0 Å². The summed E-state index contributed by atoms with van der Waals surface area (Å²) in [5.74, 6) is 0.217. The van der Waals surface area contributed by atoms with Crippen molar-refractivity contribution in [2.45, 2.75) is 5.16 Å². The molecule has 0 aliphatic rings. The first-order valence-corrected chi connectivity index (χ1v) is 9.83. The van der Waals surface area contributed by atoms with Crippen LogP contribution in [0.15, 0.2) is 66.0 Å². The maximum Gasteiger partial charge on any atom is 0.230 e. The average Bonchev–Trinajstić information content (AvgIpc) is 3.11. The van der Waals surface area contributed by atoms with E-state index in [-0.39, 0.29) is 11.7 Å². The van der Waals surface area contributed by atoms with Gasteiger partial charge in [0.2, 0.25) is 5.91 Å². The molecule has 0 radical (unpaired) electrons. The number of halogens is 1. The van der Waals surface area contributed by atoms with Crippen LogP contribution in [0.25, 0.3) is 16.9 Å². The number of ether oxygens (including phenoxy) is 1. The molecule has 0 saturated carbocycles. The number of imidazole rings is 1. The zero-order valence-corrected chi connectivity index (χ0v) is 16.5. The van der Waals surface area contributed by atoms with Crippen molar-refractivity contribution >= 4 is 29.3 Å². The second-order valence-corrected chi connectivity index (χ2v) is 7.12. The van der Waals surface area contributed by atoms with E-state index in [4.69, 9.17) is 16.3 Å². The van der Waals surface area contributed by atoms with E-state index in [1.54, 1.807) is 7.11 Å². The molecule has 5 nitrogen and oxygen atoms in total. The average molecular weight is 402 g/mol. The van der Waals surface area contributed by atoms with Crippen molar-refractivity contribution in [3.05, 3.63) is 65.8 Å². The zero-order valence-electron chi connectivity index (χ0n) is 14.9. The lowest BCUT2D eigenvalue weighted by Gasteiger charge is -2.12. The van der Waals surface area contributed by atoms with E-state index in [1.807, 2.05) is 65.4 Å². The molecular formula is C20H20ClN3O2S. The third-order valence-corrected chi connectivity index (χ3v) is 5.01. The van der Waals surface area contributed by atoms with Crippen LogP contribution in [0.2, 0.25) is 5.02 Å². The molecular weight excluding hydrogens is 382 g/mol. The molecule has 1 heterocycles. The third kappa shape index (κ3) is 5.13. The highest BCUT2D eigenvalue weighted by atomic mass is 35.5. The maximum absolute atomic E-state index is 12.0. The summed E-state index contributed by atoms with van der Waals surface area (Å²) in [6.45, 7) is 0.986. The second-order valence-electron chi connectivity index (χ2n) is 5.74. The topological polar surface area (TPSA) is 56.1 Å². The van der Waals surface area contributed by atoms with Crippen molar-refractivity contribution in [1.82, 2.24) is 14.9 Å². The number of thioether (sulfide) groups is 1. The highest BCUT2D eigenvalue weighted by molar-refractivity contribution is 7.99. The molecule has 0 unspecified atom stereocenters. The number of nitrogens with one attached hydrogen (secondary N) is 1. The summed E-state index contributed by atoms with van der Waals surface area (Å²) in [7, 11) is 1.60. The number of rotatable bonds is 8. The van der Waals surface area contributed by atoms with Crippen LogP contribution in [-0.4, -0.2) is 41.5 Å². The summed E-state index contributed by atoms with van der Waals surface area (Å²) in [5.41, 5.74) is 2.89. The van der Waals surface area contributed by atoms with Crippen LogP contribution in [0.5, 0.6) is 0 Å². The number of methoxy groups -OCH3 is 1. The molecule has 3 rings (SSSR count). The Bertz CT molecular complexity index is 899. The summed E-state index contributed by atoms with van der Waals surface area (Å²) < 4.78 is 6.97. The summed E-state index contributed by atoms with van der Waals surface area (Å²) in [6, 6.07) is 17.6. The van der Waals surface area contributed by atoms with Crippen LogP contribution < -0.4 is 5.32 Å². The minimum Gasteiger partial charge on any atom is -0.383 e. The van der Waals surface area contributed by atoms with Gasteiger partial charge >= 0.3 is 0 Å². The number of carbonyl (C=O) groups is 1. The largest absolute Gasteiger partial charge is 0.383 e. The quantitative estimate of drug-likeness (QED) is 0.457. The Morgan fingerprint density at radius 3 is 2.78 bits per heavy atom. The fourth-order valence-corrected chi connectivity index (χ4v) is 3.59. The van der Waals surface area contributed by atoms with Gasteiger partial charge in [-0.1, -0.05) is 59.8 Å². The van der Waals surface area contributed by atoms with Crippen molar-refractivity contribution in [3.8, 4) is 16.9 Å². The fourth-order valence-electron chi connectivity index (χ4n) is 2.59. The number of aromatic nitrogens is 2. The molecule has 0 spiro atoms. The molecule has 1 amide bonds. The number of nitrogens with zero attached hydrogens (tertiary/aromatic N) is 2. The lowest BCUT2D eigenvalue weighted by molar-refractivity contribution is -0.118. The standard InChI is InChI=1S/C20H20ClN3O2S/c1-26-11-10-22-19(25)14-27-20-23-13-18(15-6-3-2-4-7-15)24(20)17-9-5-8-16(21)12-17/h2-9,12-13H,10-11,14H2,1H3,(H,22,25). The number of amides is 1. The van der Waals surface area contributed by atoms with Gasteiger partial charge in [-0.2, -0.15) is 0 Å². The predicted octanol–water partition coefficient (Wildman–Crippen LogP) is 4.05. The van der Waals surface area contributed by atoms with Gasteiger partial charge < -0.3 is 10.1 Å².